The van der Waals surface area contributed by atoms with Crippen LogP contribution in [0, 0.1) is 6.92 Å². The van der Waals surface area contributed by atoms with E-state index >= 15 is 0 Å². The first-order valence-corrected chi connectivity index (χ1v) is 7.21. The van der Waals surface area contributed by atoms with Gasteiger partial charge in [0.1, 0.15) is 11.5 Å². The minimum Gasteiger partial charge on any atom is -0.508 e. The first-order chi connectivity index (χ1) is 9.90. The van der Waals surface area contributed by atoms with E-state index in [2.05, 4.69) is 15.9 Å². The predicted molar refractivity (Wildman–Crippen MR) is 84.4 cm³/mol. The van der Waals surface area contributed by atoms with Gasteiger partial charge in [-0.2, -0.15) is 0 Å². The molecule has 2 aromatic carbocycles. The van der Waals surface area contributed by atoms with Crippen LogP contribution in [0.2, 0.25) is 0 Å². The van der Waals surface area contributed by atoms with Crippen LogP contribution in [0.15, 0.2) is 40.9 Å². The van der Waals surface area contributed by atoms with Crippen molar-refractivity contribution in [1.82, 2.24) is 4.90 Å². The van der Waals surface area contributed by atoms with Crippen molar-refractivity contribution in [1.29, 1.82) is 0 Å². The molecule has 0 heterocycles. The number of nitrogens with zero attached hydrogens (tertiary/aromatic N) is 1. The van der Waals surface area contributed by atoms with Crippen LogP contribution in [0.4, 0.5) is 0 Å². The molecule has 0 saturated carbocycles. The average molecular weight is 350 g/mol. The first kappa shape index (κ1) is 15.4. The zero-order valence-electron chi connectivity index (χ0n) is 11.8. The number of hydrogen-bond acceptors (Lipinski definition) is 3. The van der Waals surface area contributed by atoms with E-state index in [1.807, 2.05) is 6.92 Å². The van der Waals surface area contributed by atoms with Crippen LogP contribution in [-0.2, 0) is 6.54 Å². The summed E-state index contributed by atoms with van der Waals surface area (Å²) in [6.07, 6.45) is 0. The topological polar surface area (TPSA) is 60.8 Å². The van der Waals surface area contributed by atoms with Crippen molar-refractivity contribution < 1.29 is 15.0 Å². The summed E-state index contributed by atoms with van der Waals surface area (Å²) in [6.45, 7) is 2.11. The van der Waals surface area contributed by atoms with Gasteiger partial charge in [-0.1, -0.05) is 18.2 Å². The van der Waals surface area contributed by atoms with Crippen molar-refractivity contribution >= 4 is 21.8 Å². The van der Waals surface area contributed by atoms with Crippen molar-refractivity contribution in [2.45, 2.75) is 13.5 Å². The summed E-state index contributed by atoms with van der Waals surface area (Å²) in [5, 5.41) is 19.8. The van der Waals surface area contributed by atoms with E-state index in [0.29, 0.717) is 10.0 Å². The van der Waals surface area contributed by atoms with Crippen molar-refractivity contribution in [2.75, 3.05) is 7.05 Å². The Bertz CT molecular complexity index is 685. The number of aryl methyl sites for hydroxylation is 1. The number of aromatic hydroxyl groups is 2. The van der Waals surface area contributed by atoms with Crippen molar-refractivity contribution in [3.63, 3.8) is 0 Å². The smallest absolute Gasteiger partial charge is 0.257 e. The fraction of sp³-hybridized carbons (Fsp3) is 0.188. The molecular formula is C16H16BrNO3. The van der Waals surface area contributed by atoms with Crippen molar-refractivity contribution in [3.05, 3.63) is 57.6 Å². The number of para-hydroxylation sites is 1. The molecule has 0 fully saturated rings. The molecule has 0 radical (unpaired) electrons. The molecule has 0 saturated heterocycles. The highest BCUT2D eigenvalue weighted by Crippen LogP contribution is 2.30. The Kier molecular flexibility index (Phi) is 4.53. The zero-order valence-corrected chi connectivity index (χ0v) is 13.4. The monoisotopic (exact) mass is 349 g/mol. The molecule has 5 heteroatoms. The van der Waals surface area contributed by atoms with Crippen LogP contribution < -0.4 is 0 Å². The summed E-state index contributed by atoms with van der Waals surface area (Å²) in [4.78, 5) is 13.9. The molecule has 0 unspecified atom stereocenters. The number of phenols is 2. The van der Waals surface area contributed by atoms with E-state index in [9.17, 15) is 15.0 Å². The van der Waals surface area contributed by atoms with Gasteiger partial charge in [-0.05, 0) is 46.6 Å². The molecule has 2 rings (SSSR count). The molecule has 0 aliphatic carbocycles. The number of benzene rings is 2. The maximum atomic E-state index is 12.4. The lowest BCUT2D eigenvalue weighted by atomic mass is 10.1. The number of hydrogen-bond donors (Lipinski definition) is 2. The fourth-order valence-electron chi connectivity index (χ4n) is 2.08. The summed E-state index contributed by atoms with van der Waals surface area (Å²) >= 11 is 3.23. The van der Waals surface area contributed by atoms with Gasteiger partial charge in [-0.3, -0.25) is 4.79 Å². The van der Waals surface area contributed by atoms with E-state index in [-0.39, 0.29) is 29.5 Å². The molecule has 2 aromatic rings. The zero-order chi connectivity index (χ0) is 15.6. The number of carbonyl (C=O) groups excluding carboxylic acids is 1. The second-order valence-electron chi connectivity index (χ2n) is 4.93. The van der Waals surface area contributed by atoms with E-state index < -0.39 is 0 Å². The van der Waals surface area contributed by atoms with Crippen LogP contribution in [0.1, 0.15) is 21.5 Å². The number of halogens is 1. The standard InChI is InChI=1S/C16H16BrNO3/c1-10-7-12(15(20)13(17)8-10)16(21)18(2)9-11-5-3-4-6-14(11)19/h3-8,19-20H,9H2,1-2H3. The molecule has 0 aliphatic heterocycles. The number of phenolic OH excluding ortho intramolecular Hbond substituents is 2. The highest BCUT2D eigenvalue weighted by atomic mass is 79.9. The largest absolute Gasteiger partial charge is 0.508 e. The van der Waals surface area contributed by atoms with Gasteiger partial charge in [0, 0.05) is 19.2 Å². The molecule has 1 amide bonds. The van der Waals surface area contributed by atoms with Gasteiger partial charge in [0.15, 0.2) is 0 Å². The summed E-state index contributed by atoms with van der Waals surface area (Å²) in [6, 6.07) is 10.2. The van der Waals surface area contributed by atoms with Crippen molar-refractivity contribution in [3.8, 4) is 11.5 Å². The lowest BCUT2D eigenvalue weighted by molar-refractivity contribution is 0.0781. The Labute approximate surface area is 131 Å². The third kappa shape index (κ3) is 3.36. The van der Waals surface area contributed by atoms with Crippen LogP contribution >= 0.6 is 15.9 Å². The maximum Gasteiger partial charge on any atom is 0.257 e. The first-order valence-electron chi connectivity index (χ1n) is 6.41. The molecule has 4 nitrogen and oxygen atoms in total. The van der Waals surface area contributed by atoms with Crippen LogP contribution in [0.25, 0.3) is 0 Å². The van der Waals surface area contributed by atoms with Gasteiger partial charge in [0.2, 0.25) is 0 Å². The summed E-state index contributed by atoms with van der Waals surface area (Å²) < 4.78 is 0.488. The Morgan fingerprint density at radius 2 is 1.90 bits per heavy atom. The van der Waals surface area contributed by atoms with Gasteiger partial charge in [0.25, 0.3) is 5.91 Å². The normalized spacial score (nSPS) is 10.4. The quantitative estimate of drug-likeness (QED) is 0.892. The second-order valence-corrected chi connectivity index (χ2v) is 5.79. The molecule has 0 aliphatic rings. The fourth-order valence-corrected chi connectivity index (χ4v) is 2.65. The summed E-state index contributed by atoms with van der Waals surface area (Å²) in [5.74, 6) is -0.235. The molecule has 0 bridgehead atoms. The van der Waals surface area contributed by atoms with Crippen LogP contribution in [0.5, 0.6) is 11.5 Å². The molecule has 0 aromatic heterocycles. The lowest BCUT2D eigenvalue weighted by Gasteiger charge is -2.19. The predicted octanol–water partition coefficient (Wildman–Crippen LogP) is 3.44. The molecule has 0 spiro atoms. The molecular weight excluding hydrogens is 334 g/mol. The van der Waals surface area contributed by atoms with Gasteiger partial charge in [-0.15, -0.1) is 0 Å². The summed E-state index contributed by atoms with van der Waals surface area (Å²) in [5.41, 5.74) is 1.76. The van der Waals surface area contributed by atoms with Crippen LogP contribution in [0.3, 0.4) is 0 Å². The van der Waals surface area contributed by atoms with E-state index in [4.69, 9.17) is 0 Å². The highest BCUT2D eigenvalue weighted by Gasteiger charge is 2.19. The number of rotatable bonds is 3. The van der Waals surface area contributed by atoms with E-state index in [1.54, 1.807) is 43.4 Å². The van der Waals surface area contributed by atoms with Gasteiger partial charge in [0.05, 0.1) is 10.0 Å². The molecule has 21 heavy (non-hydrogen) atoms. The average Bonchev–Trinajstić information content (AvgIpc) is 2.44. The molecule has 2 N–H and O–H groups in total. The Morgan fingerprint density at radius 3 is 2.57 bits per heavy atom. The van der Waals surface area contributed by atoms with Gasteiger partial charge in [-0.25, -0.2) is 0 Å². The van der Waals surface area contributed by atoms with E-state index in [1.165, 1.54) is 4.90 Å². The minimum absolute atomic E-state index is 0.0743. The number of carbonyl (C=O) groups is 1. The number of amides is 1. The van der Waals surface area contributed by atoms with E-state index in [0.717, 1.165) is 5.56 Å². The highest BCUT2D eigenvalue weighted by molar-refractivity contribution is 9.10. The third-order valence-corrected chi connectivity index (χ3v) is 3.79. The Morgan fingerprint density at radius 1 is 1.24 bits per heavy atom. The van der Waals surface area contributed by atoms with Gasteiger partial charge >= 0.3 is 0 Å². The molecule has 110 valence electrons. The Balaban J connectivity index is 2.26. The molecule has 0 atom stereocenters. The second kappa shape index (κ2) is 6.18. The SMILES string of the molecule is Cc1cc(Br)c(O)c(C(=O)N(C)Cc2ccccc2O)c1. The van der Waals surface area contributed by atoms with Crippen molar-refractivity contribution in [2.24, 2.45) is 0 Å². The minimum atomic E-state index is -0.305. The summed E-state index contributed by atoms with van der Waals surface area (Å²) in [7, 11) is 1.63. The third-order valence-electron chi connectivity index (χ3n) is 3.18. The van der Waals surface area contributed by atoms with Gasteiger partial charge < -0.3 is 15.1 Å². The van der Waals surface area contributed by atoms with Crippen LogP contribution in [-0.4, -0.2) is 28.1 Å². The Hall–Kier alpha value is -2.01. The lowest BCUT2D eigenvalue weighted by Crippen LogP contribution is -2.26. The maximum absolute atomic E-state index is 12.4.